The van der Waals surface area contributed by atoms with Gasteiger partial charge in [-0.2, -0.15) is 0 Å². The van der Waals surface area contributed by atoms with E-state index in [1.807, 2.05) is 43.3 Å². The van der Waals surface area contributed by atoms with Crippen molar-refractivity contribution in [3.05, 3.63) is 107 Å². The number of ether oxygens (including phenoxy) is 1. The van der Waals surface area contributed by atoms with Gasteiger partial charge in [0.15, 0.2) is 0 Å². The lowest BCUT2D eigenvalue weighted by Crippen LogP contribution is -2.01. The van der Waals surface area contributed by atoms with Gasteiger partial charge in [-0.1, -0.05) is 48.5 Å². The van der Waals surface area contributed by atoms with E-state index in [4.69, 9.17) is 10.5 Å². The minimum Gasteiger partial charge on any atom is -0.481 e. The molecule has 0 amide bonds. The Balaban J connectivity index is 1.69. The number of rotatable bonds is 7. The van der Waals surface area contributed by atoms with Crippen LogP contribution in [-0.4, -0.2) is 11.1 Å². The first-order valence-electron chi connectivity index (χ1n) is 10.6. The molecule has 0 radical (unpaired) electrons. The Kier molecular flexibility index (Phi) is 6.52. The average molecular weight is 442 g/mol. The summed E-state index contributed by atoms with van der Waals surface area (Å²) in [6.07, 6.45) is -0.147. The quantitative estimate of drug-likeness (QED) is 0.351. The van der Waals surface area contributed by atoms with Crippen LogP contribution in [0.5, 0.6) is 11.5 Å². The average Bonchev–Trinajstić information content (AvgIpc) is 2.78. The maximum atomic E-state index is 14.5. The van der Waals surface area contributed by atoms with Crippen molar-refractivity contribution in [3.63, 3.8) is 0 Å². The van der Waals surface area contributed by atoms with Gasteiger partial charge in [-0.05, 0) is 76.2 Å². The van der Waals surface area contributed by atoms with E-state index in [1.165, 1.54) is 12.1 Å². The smallest absolute Gasteiger partial charge is 0.307 e. The summed E-state index contributed by atoms with van der Waals surface area (Å²) in [5, 5.41) is 9.22. The molecule has 0 bridgehead atoms. The molecule has 4 aromatic rings. The van der Waals surface area contributed by atoms with Crippen molar-refractivity contribution in [1.82, 2.24) is 0 Å². The topological polar surface area (TPSA) is 72.5 Å². The Labute approximate surface area is 192 Å². The largest absolute Gasteiger partial charge is 0.481 e. The summed E-state index contributed by atoms with van der Waals surface area (Å²) in [7, 11) is 0. The van der Waals surface area contributed by atoms with Crippen LogP contribution in [-0.2, 0) is 17.8 Å². The van der Waals surface area contributed by atoms with Crippen molar-refractivity contribution in [1.29, 1.82) is 0 Å². The molecule has 0 aliphatic rings. The molecule has 166 valence electrons. The van der Waals surface area contributed by atoms with Crippen molar-refractivity contribution >= 4 is 5.97 Å². The fourth-order valence-electron chi connectivity index (χ4n) is 3.88. The molecule has 0 unspecified atom stereocenters. The van der Waals surface area contributed by atoms with E-state index in [-0.39, 0.29) is 6.42 Å². The van der Waals surface area contributed by atoms with E-state index in [1.54, 1.807) is 30.3 Å². The molecule has 4 nitrogen and oxygen atoms in total. The maximum absolute atomic E-state index is 14.5. The number of hydrogen-bond donors (Lipinski definition) is 2. The highest BCUT2D eigenvalue weighted by molar-refractivity contribution is 5.77. The van der Waals surface area contributed by atoms with Crippen LogP contribution in [0.1, 0.15) is 16.7 Å². The highest BCUT2D eigenvalue weighted by Crippen LogP contribution is 2.33. The zero-order valence-electron chi connectivity index (χ0n) is 18.2. The molecule has 33 heavy (non-hydrogen) atoms. The van der Waals surface area contributed by atoms with Crippen LogP contribution in [0.2, 0.25) is 0 Å². The summed E-state index contributed by atoms with van der Waals surface area (Å²) < 4.78 is 20.6. The van der Waals surface area contributed by atoms with Crippen molar-refractivity contribution in [3.8, 4) is 33.8 Å². The Morgan fingerprint density at radius 1 is 0.879 bits per heavy atom. The summed E-state index contributed by atoms with van der Waals surface area (Å²) in [4.78, 5) is 11.2. The zero-order valence-corrected chi connectivity index (χ0v) is 18.2. The van der Waals surface area contributed by atoms with E-state index in [0.717, 1.165) is 22.3 Å². The van der Waals surface area contributed by atoms with E-state index in [2.05, 4.69) is 6.07 Å². The molecular weight excluding hydrogens is 417 g/mol. The summed E-state index contributed by atoms with van der Waals surface area (Å²) in [6.45, 7) is 2.43. The van der Waals surface area contributed by atoms with Gasteiger partial charge in [-0.25, -0.2) is 4.39 Å². The highest BCUT2D eigenvalue weighted by Gasteiger charge is 2.12. The third-order valence-electron chi connectivity index (χ3n) is 5.32. The number of halogens is 1. The third-order valence-corrected chi connectivity index (χ3v) is 5.32. The van der Waals surface area contributed by atoms with Crippen LogP contribution in [0.4, 0.5) is 4.39 Å². The number of aryl methyl sites for hydroxylation is 1. The normalized spacial score (nSPS) is 10.8. The van der Waals surface area contributed by atoms with Gasteiger partial charge in [-0.15, -0.1) is 0 Å². The molecular formula is C28H24FNO3. The van der Waals surface area contributed by atoms with Crippen LogP contribution in [0.25, 0.3) is 22.3 Å². The van der Waals surface area contributed by atoms with Crippen LogP contribution in [0, 0.1) is 12.7 Å². The van der Waals surface area contributed by atoms with E-state index >= 15 is 0 Å². The van der Waals surface area contributed by atoms with E-state index in [0.29, 0.717) is 34.7 Å². The third kappa shape index (κ3) is 5.45. The van der Waals surface area contributed by atoms with Crippen LogP contribution in [0.3, 0.4) is 0 Å². The van der Waals surface area contributed by atoms with Gasteiger partial charge in [0.25, 0.3) is 0 Å². The molecule has 0 heterocycles. The highest BCUT2D eigenvalue weighted by atomic mass is 19.1. The number of nitrogens with two attached hydrogens (primary N) is 1. The van der Waals surface area contributed by atoms with Crippen molar-refractivity contribution in [2.75, 3.05) is 0 Å². The van der Waals surface area contributed by atoms with Crippen molar-refractivity contribution in [2.45, 2.75) is 19.9 Å². The van der Waals surface area contributed by atoms with Crippen molar-refractivity contribution in [2.24, 2.45) is 5.73 Å². The number of aliphatic carboxylic acids is 1. The summed E-state index contributed by atoms with van der Waals surface area (Å²) in [6, 6.07) is 25.4. The Bertz CT molecular complexity index is 1320. The van der Waals surface area contributed by atoms with Gasteiger partial charge >= 0.3 is 5.97 Å². The predicted octanol–water partition coefficient (Wildman–Crippen LogP) is 6.35. The number of hydrogen-bond acceptors (Lipinski definition) is 3. The molecule has 4 rings (SSSR count). The lowest BCUT2D eigenvalue weighted by molar-refractivity contribution is -0.136. The molecule has 5 heteroatoms. The molecule has 0 spiro atoms. The molecule has 0 aromatic heterocycles. The van der Waals surface area contributed by atoms with Gasteiger partial charge < -0.3 is 15.6 Å². The van der Waals surface area contributed by atoms with E-state index < -0.39 is 11.8 Å². The minimum atomic E-state index is -0.943. The molecule has 0 atom stereocenters. The van der Waals surface area contributed by atoms with Gasteiger partial charge in [0, 0.05) is 12.6 Å². The fraction of sp³-hybridized carbons (Fsp3) is 0.107. The number of carbonyl (C=O) groups is 1. The Morgan fingerprint density at radius 2 is 1.64 bits per heavy atom. The summed E-state index contributed by atoms with van der Waals surface area (Å²) >= 11 is 0. The second-order valence-corrected chi connectivity index (χ2v) is 7.94. The predicted molar refractivity (Wildman–Crippen MR) is 128 cm³/mol. The van der Waals surface area contributed by atoms with Gasteiger partial charge in [-0.3, -0.25) is 4.79 Å². The van der Waals surface area contributed by atoms with Gasteiger partial charge in [0.05, 0.1) is 6.42 Å². The zero-order chi connectivity index (χ0) is 23.4. The Morgan fingerprint density at radius 3 is 2.42 bits per heavy atom. The Hall–Kier alpha value is -3.96. The molecule has 0 aliphatic carbocycles. The lowest BCUT2D eigenvalue weighted by atomic mass is 9.97. The minimum absolute atomic E-state index is 0.147. The van der Waals surface area contributed by atoms with Crippen LogP contribution in [0.15, 0.2) is 84.9 Å². The molecule has 0 saturated carbocycles. The summed E-state index contributed by atoms with van der Waals surface area (Å²) in [5.74, 6) is -0.488. The molecule has 0 aliphatic heterocycles. The first-order chi connectivity index (χ1) is 15.9. The van der Waals surface area contributed by atoms with Gasteiger partial charge in [0.2, 0.25) is 0 Å². The lowest BCUT2D eigenvalue weighted by Gasteiger charge is -2.13. The number of carboxylic acids is 1. The van der Waals surface area contributed by atoms with Crippen LogP contribution >= 0.6 is 0 Å². The molecule has 0 saturated heterocycles. The standard InChI is InChI=1S/C28H24FNO3/c1-18-9-22(20-7-4-5-19(11-20)17-30)13-25(10-18)33-26-14-23(12-24(29)16-26)27-8-3-2-6-21(27)15-28(31)32/h2-14,16H,15,17,30H2,1H3,(H,31,32). The first-order valence-corrected chi connectivity index (χ1v) is 10.6. The van der Waals surface area contributed by atoms with Gasteiger partial charge in [0.1, 0.15) is 17.3 Å². The second-order valence-electron chi connectivity index (χ2n) is 7.94. The monoisotopic (exact) mass is 441 g/mol. The first kappa shape index (κ1) is 22.2. The van der Waals surface area contributed by atoms with Crippen molar-refractivity contribution < 1.29 is 19.0 Å². The number of benzene rings is 4. The maximum Gasteiger partial charge on any atom is 0.307 e. The van der Waals surface area contributed by atoms with Crippen LogP contribution < -0.4 is 10.5 Å². The molecule has 0 fully saturated rings. The fourth-order valence-corrected chi connectivity index (χ4v) is 3.88. The summed E-state index contributed by atoms with van der Waals surface area (Å²) in [5.41, 5.74) is 11.6. The molecule has 4 aromatic carbocycles. The second kappa shape index (κ2) is 9.67. The molecule has 3 N–H and O–H groups in total. The SMILES string of the molecule is Cc1cc(Oc2cc(F)cc(-c3ccccc3CC(=O)O)c2)cc(-c2cccc(CN)c2)c1. The number of carboxylic acid groups (broad SMARTS) is 1. The van der Waals surface area contributed by atoms with E-state index in [9.17, 15) is 14.3 Å².